The van der Waals surface area contributed by atoms with Crippen LogP contribution in [0.5, 0.6) is 17.2 Å². The SMILES string of the molecule is COc1ccc(C2(c3ccccc3Cl)Oc3ccccc3O2)cc1. The Balaban J connectivity index is 1.89. The molecule has 0 amide bonds. The summed E-state index contributed by atoms with van der Waals surface area (Å²) in [5.74, 6) is 1.03. The van der Waals surface area contributed by atoms with Crippen LogP contribution in [0.25, 0.3) is 0 Å². The molecule has 0 saturated carbocycles. The van der Waals surface area contributed by atoms with E-state index in [1.54, 1.807) is 7.11 Å². The van der Waals surface area contributed by atoms with Crippen molar-refractivity contribution in [3.05, 3.63) is 88.9 Å². The zero-order valence-corrected chi connectivity index (χ0v) is 13.8. The van der Waals surface area contributed by atoms with Crippen molar-refractivity contribution in [2.24, 2.45) is 0 Å². The Labute approximate surface area is 145 Å². The average molecular weight is 339 g/mol. The van der Waals surface area contributed by atoms with Gasteiger partial charge in [0.05, 0.1) is 17.7 Å². The summed E-state index contributed by atoms with van der Waals surface area (Å²) in [4.78, 5) is 0. The highest BCUT2D eigenvalue weighted by molar-refractivity contribution is 6.31. The minimum absolute atomic E-state index is 0.584. The second kappa shape index (κ2) is 5.77. The lowest BCUT2D eigenvalue weighted by Crippen LogP contribution is -2.37. The van der Waals surface area contributed by atoms with Crippen LogP contribution in [-0.2, 0) is 5.79 Å². The summed E-state index contributed by atoms with van der Waals surface area (Å²) in [5.41, 5.74) is 1.60. The highest BCUT2D eigenvalue weighted by atomic mass is 35.5. The summed E-state index contributed by atoms with van der Waals surface area (Å²) in [6.07, 6.45) is 0. The first-order valence-electron chi connectivity index (χ1n) is 7.59. The van der Waals surface area contributed by atoms with Crippen LogP contribution in [0.15, 0.2) is 72.8 Å². The van der Waals surface area contributed by atoms with Gasteiger partial charge in [-0.1, -0.05) is 35.9 Å². The van der Waals surface area contributed by atoms with E-state index in [-0.39, 0.29) is 0 Å². The normalized spacial score (nSPS) is 14.4. The third-order valence-electron chi connectivity index (χ3n) is 4.06. The van der Waals surface area contributed by atoms with E-state index in [9.17, 15) is 0 Å². The van der Waals surface area contributed by atoms with Crippen LogP contribution in [0.2, 0.25) is 5.02 Å². The van der Waals surface area contributed by atoms with Gasteiger partial charge in [-0.25, -0.2) is 0 Å². The number of hydrogen-bond acceptors (Lipinski definition) is 3. The quantitative estimate of drug-likeness (QED) is 0.671. The number of rotatable bonds is 3. The molecule has 3 aromatic carbocycles. The fourth-order valence-corrected chi connectivity index (χ4v) is 3.13. The minimum Gasteiger partial charge on any atom is -0.497 e. The van der Waals surface area contributed by atoms with Crippen molar-refractivity contribution in [1.29, 1.82) is 0 Å². The number of methoxy groups -OCH3 is 1. The fraction of sp³-hybridized carbons (Fsp3) is 0.100. The summed E-state index contributed by atoms with van der Waals surface area (Å²) in [5, 5.41) is 0.584. The first kappa shape index (κ1) is 14.9. The zero-order valence-electron chi connectivity index (χ0n) is 13.0. The molecule has 0 radical (unpaired) electrons. The van der Waals surface area contributed by atoms with Gasteiger partial charge in [0, 0.05) is 5.56 Å². The number of hydrogen-bond donors (Lipinski definition) is 0. The van der Waals surface area contributed by atoms with E-state index >= 15 is 0 Å². The molecule has 1 heterocycles. The number of ether oxygens (including phenoxy) is 3. The van der Waals surface area contributed by atoms with Crippen molar-refractivity contribution in [1.82, 2.24) is 0 Å². The van der Waals surface area contributed by atoms with Crippen molar-refractivity contribution in [2.75, 3.05) is 7.11 Å². The molecule has 1 aliphatic heterocycles. The molecule has 24 heavy (non-hydrogen) atoms. The molecule has 0 aromatic heterocycles. The highest BCUT2D eigenvalue weighted by Crippen LogP contribution is 2.49. The van der Waals surface area contributed by atoms with Crippen molar-refractivity contribution >= 4 is 11.6 Å². The molecule has 1 aliphatic rings. The number of benzene rings is 3. The molecular weight excluding hydrogens is 324 g/mol. The second-order valence-electron chi connectivity index (χ2n) is 5.48. The molecule has 0 unspecified atom stereocenters. The summed E-state index contributed by atoms with van der Waals surface area (Å²) < 4.78 is 17.8. The van der Waals surface area contributed by atoms with E-state index in [0.717, 1.165) is 16.9 Å². The number of para-hydroxylation sites is 2. The van der Waals surface area contributed by atoms with Gasteiger partial charge in [-0.15, -0.1) is 0 Å². The van der Waals surface area contributed by atoms with Crippen LogP contribution < -0.4 is 14.2 Å². The van der Waals surface area contributed by atoms with Gasteiger partial charge in [0.25, 0.3) is 0 Å². The number of fused-ring (bicyclic) bond motifs is 1. The zero-order chi connectivity index (χ0) is 16.6. The molecule has 0 saturated heterocycles. The van der Waals surface area contributed by atoms with Crippen LogP contribution in [0.3, 0.4) is 0 Å². The lowest BCUT2D eigenvalue weighted by atomic mass is 9.97. The molecule has 3 nitrogen and oxygen atoms in total. The van der Waals surface area contributed by atoms with E-state index in [1.807, 2.05) is 72.8 Å². The Hall–Kier alpha value is -2.65. The largest absolute Gasteiger partial charge is 0.497 e. The standard InChI is InChI=1S/C20H15ClO3/c1-22-15-12-10-14(11-13-15)20(16-6-2-3-7-17(16)21)23-18-8-4-5-9-19(18)24-20/h2-13H,1H3. The van der Waals surface area contributed by atoms with Gasteiger partial charge in [0.15, 0.2) is 11.5 Å². The van der Waals surface area contributed by atoms with E-state index < -0.39 is 5.79 Å². The van der Waals surface area contributed by atoms with E-state index in [0.29, 0.717) is 16.5 Å². The van der Waals surface area contributed by atoms with Gasteiger partial charge in [0.2, 0.25) is 0 Å². The molecule has 0 atom stereocenters. The fourth-order valence-electron chi connectivity index (χ4n) is 2.87. The number of halogens is 1. The first-order valence-corrected chi connectivity index (χ1v) is 7.97. The van der Waals surface area contributed by atoms with Crippen molar-refractivity contribution in [3.63, 3.8) is 0 Å². The molecule has 0 bridgehead atoms. The maximum atomic E-state index is 6.46. The maximum absolute atomic E-state index is 6.46. The van der Waals surface area contributed by atoms with Crippen LogP contribution in [0.1, 0.15) is 11.1 Å². The summed E-state index contributed by atoms with van der Waals surface area (Å²) in [6, 6.07) is 22.8. The van der Waals surface area contributed by atoms with Crippen molar-refractivity contribution < 1.29 is 14.2 Å². The monoisotopic (exact) mass is 338 g/mol. The third-order valence-corrected chi connectivity index (χ3v) is 4.38. The Morgan fingerprint density at radius 1 is 0.792 bits per heavy atom. The van der Waals surface area contributed by atoms with E-state index in [4.69, 9.17) is 25.8 Å². The minimum atomic E-state index is -1.12. The van der Waals surface area contributed by atoms with Crippen molar-refractivity contribution in [2.45, 2.75) is 5.79 Å². The lowest BCUT2D eigenvalue weighted by Gasteiger charge is -2.29. The molecule has 0 N–H and O–H groups in total. The molecule has 4 heteroatoms. The Bertz CT molecular complexity index is 849. The first-order chi connectivity index (χ1) is 11.7. The summed E-state index contributed by atoms with van der Waals surface area (Å²) in [7, 11) is 1.64. The molecule has 0 aliphatic carbocycles. The topological polar surface area (TPSA) is 27.7 Å². The lowest BCUT2D eigenvalue weighted by molar-refractivity contribution is -0.0458. The molecule has 4 rings (SSSR count). The van der Waals surface area contributed by atoms with Gasteiger partial charge < -0.3 is 14.2 Å². The average Bonchev–Trinajstić information content (AvgIpc) is 3.02. The van der Waals surface area contributed by atoms with E-state index in [2.05, 4.69) is 0 Å². The molecule has 0 spiro atoms. The van der Waals surface area contributed by atoms with Crippen LogP contribution in [-0.4, -0.2) is 7.11 Å². The highest BCUT2D eigenvalue weighted by Gasteiger charge is 2.46. The van der Waals surface area contributed by atoms with Gasteiger partial charge in [-0.3, -0.25) is 0 Å². The third kappa shape index (κ3) is 2.29. The molecule has 0 fully saturated rings. The smallest absolute Gasteiger partial charge is 0.307 e. The van der Waals surface area contributed by atoms with Gasteiger partial charge >= 0.3 is 5.79 Å². The van der Waals surface area contributed by atoms with Crippen molar-refractivity contribution in [3.8, 4) is 17.2 Å². The predicted molar refractivity (Wildman–Crippen MR) is 92.9 cm³/mol. The van der Waals surface area contributed by atoms with Gasteiger partial charge in [-0.2, -0.15) is 0 Å². The summed E-state index contributed by atoms with van der Waals surface area (Å²) >= 11 is 6.46. The molecular formula is C20H15ClO3. The van der Waals surface area contributed by atoms with E-state index in [1.165, 1.54) is 0 Å². The van der Waals surface area contributed by atoms with Gasteiger partial charge in [0.1, 0.15) is 5.75 Å². The summed E-state index contributed by atoms with van der Waals surface area (Å²) in [6.45, 7) is 0. The Morgan fingerprint density at radius 3 is 1.96 bits per heavy atom. The predicted octanol–water partition coefficient (Wildman–Crippen LogP) is 5.02. The Kier molecular flexibility index (Phi) is 3.58. The molecule has 3 aromatic rings. The second-order valence-corrected chi connectivity index (χ2v) is 5.88. The van der Waals surface area contributed by atoms with Gasteiger partial charge in [-0.05, 0) is 48.5 Å². The van der Waals surface area contributed by atoms with Crippen LogP contribution in [0.4, 0.5) is 0 Å². The molecule has 120 valence electrons. The van der Waals surface area contributed by atoms with Crippen LogP contribution >= 0.6 is 11.6 Å². The van der Waals surface area contributed by atoms with Crippen LogP contribution in [0, 0.1) is 0 Å². The Morgan fingerprint density at radius 2 is 1.38 bits per heavy atom. The maximum Gasteiger partial charge on any atom is 0.307 e.